The highest BCUT2D eigenvalue weighted by Gasteiger charge is 2.28. The first-order valence-corrected chi connectivity index (χ1v) is 4.36. The number of anilines is 1. The third-order valence-corrected chi connectivity index (χ3v) is 1.90. The zero-order valence-electron chi connectivity index (χ0n) is 8.34. The highest BCUT2D eigenvalue weighted by molar-refractivity contribution is 5.65. The predicted molar refractivity (Wildman–Crippen MR) is 52.4 cm³/mol. The maximum Gasteiger partial charge on any atom is 0.405 e. The standard InChI is InChI=1S/C9H9F3N2O2/c1-6-3-2-4-7(8(6)14(15)16)13-5-9(10,11)12/h2-4,13H,5H2,1H3. The Hall–Kier alpha value is -1.79. The fraction of sp³-hybridized carbons (Fsp3) is 0.333. The number of halogens is 3. The number of para-hydroxylation sites is 1. The Labute approximate surface area is 89.2 Å². The van der Waals surface area contributed by atoms with Gasteiger partial charge in [0.1, 0.15) is 12.2 Å². The van der Waals surface area contributed by atoms with Gasteiger partial charge in [0.05, 0.1) is 4.92 Å². The molecule has 88 valence electrons. The molecule has 7 heteroatoms. The van der Waals surface area contributed by atoms with Gasteiger partial charge in [0.15, 0.2) is 0 Å². The van der Waals surface area contributed by atoms with E-state index in [-0.39, 0.29) is 11.4 Å². The summed E-state index contributed by atoms with van der Waals surface area (Å²) in [6.45, 7) is 0.175. The van der Waals surface area contributed by atoms with Crippen LogP contribution >= 0.6 is 0 Å². The van der Waals surface area contributed by atoms with Crippen LogP contribution in [0.25, 0.3) is 0 Å². The molecule has 4 nitrogen and oxygen atoms in total. The van der Waals surface area contributed by atoms with Crippen LogP contribution in [0, 0.1) is 17.0 Å². The van der Waals surface area contributed by atoms with E-state index in [1.165, 1.54) is 25.1 Å². The molecule has 0 bridgehead atoms. The lowest BCUT2D eigenvalue weighted by atomic mass is 10.1. The first-order valence-electron chi connectivity index (χ1n) is 4.36. The summed E-state index contributed by atoms with van der Waals surface area (Å²) < 4.78 is 35.8. The molecule has 16 heavy (non-hydrogen) atoms. The van der Waals surface area contributed by atoms with Gasteiger partial charge in [0.25, 0.3) is 5.69 Å². The molecular weight excluding hydrogens is 225 g/mol. The van der Waals surface area contributed by atoms with Crippen molar-refractivity contribution in [1.29, 1.82) is 0 Å². The minimum Gasteiger partial charge on any atom is -0.371 e. The van der Waals surface area contributed by atoms with Crippen LogP contribution in [0.1, 0.15) is 5.56 Å². The highest BCUT2D eigenvalue weighted by atomic mass is 19.4. The van der Waals surface area contributed by atoms with Gasteiger partial charge in [-0.15, -0.1) is 0 Å². The minimum absolute atomic E-state index is 0.123. The van der Waals surface area contributed by atoms with Crippen molar-refractivity contribution in [2.45, 2.75) is 13.1 Å². The lowest BCUT2D eigenvalue weighted by molar-refractivity contribution is -0.384. The summed E-state index contributed by atoms with van der Waals surface area (Å²) in [6, 6.07) is 4.18. The largest absolute Gasteiger partial charge is 0.405 e. The zero-order chi connectivity index (χ0) is 12.3. The van der Waals surface area contributed by atoms with E-state index in [0.717, 1.165) is 0 Å². The Morgan fingerprint density at radius 2 is 2.06 bits per heavy atom. The number of nitro groups is 1. The molecule has 0 heterocycles. The van der Waals surface area contributed by atoms with E-state index in [9.17, 15) is 23.3 Å². The van der Waals surface area contributed by atoms with Gasteiger partial charge in [-0.3, -0.25) is 10.1 Å². The van der Waals surface area contributed by atoms with E-state index in [1.54, 1.807) is 0 Å². The Balaban J connectivity index is 2.96. The van der Waals surface area contributed by atoms with Crippen molar-refractivity contribution in [3.63, 3.8) is 0 Å². The van der Waals surface area contributed by atoms with Crippen LogP contribution < -0.4 is 5.32 Å². The summed E-state index contributed by atoms with van der Waals surface area (Å²) in [5.41, 5.74) is -0.133. The van der Waals surface area contributed by atoms with Crippen LogP contribution in [-0.4, -0.2) is 17.6 Å². The Morgan fingerprint density at radius 1 is 1.44 bits per heavy atom. The Bertz CT molecular complexity index is 404. The fourth-order valence-electron chi connectivity index (χ4n) is 1.24. The van der Waals surface area contributed by atoms with Gasteiger partial charge in [-0.2, -0.15) is 13.2 Å². The summed E-state index contributed by atoms with van der Waals surface area (Å²) in [5.74, 6) is 0. The molecule has 0 saturated carbocycles. The molecule has 0 unspecified atom stereocenters. The average Bonchev–Trinajstić information content (AvgIpc) is 2.12. The lowest BCUT2D eigenvalue weighted by Gasteiger charge is -2.10. The Kier molecular flexibility index (Phi) is 3.36. The van der Waals surface area contributed by atoms with Crippen LogP contribution in [-0.2, 0) is 0 Å². The van der Waals surface area contributed by atoms with E-state index >= 15 is 0 Å². The molecule has 0 saturated heterocycles. The van der Waals surface area contributed by atoms with Crippen molar-refractivity contribution in [1.82, 2.24) is 0 Å². The maximum absolute atomic E-state index is 11.9. The molecule has 0 amide bonds. The zero-order valence-corrected chi connectivity index (χ0v) is 8.34. The normalized spacial score (nSPS) is 11.2. The third-order valence-electron chi connectivity index (χ3n) is 1.90. The molecule has 0 aromatic heterocycles. The maximum atomic E-state index is 11.9. The molecule has 0 fully saturated rings. The topological polar surface area (TPSA) is 55.2 Å². The van der Waals surface area contributed by atoms with Gasteiger partial charge in [-0.1, -0.05) is 12.1 Å². The lowest BCUT2D eigenvalue weighted by Crippen LogP contribution is -2.21. The molecule has 0 aliphatic rings. The van der Waals surface area contributed by atoms with Crippen molar-refractivity contribution >= 4 is 11.4 Å². The van der Waals surface area contributed by atoms with Gasteiger partial charge in [0, 0.05) is 5.56 Å². The second kappa shape index (κ2) is 4.38. The number of alkyl halides is 3. The molecule has 0 atom stereocenters. The summed E-state index contributed by atoms with van der Waals surface area (Å²) in [7, 11) is 0. The van der Waals surface area contributed by atoms with E-state index in [0.29, 0.717) is 5.56 Å². The molecule has 1 aromatic carbocycles. The highest BCUT2D eigenvalue weighted by Crippen LogP contribution is 2.28. The van der Waals surface area contributed by atoms with Crippen LogP contribution in [0.4, 0.5) is 24.5 Å². The molecular formula is C9H9F3N2O2. The second-order valence-corrected chi connectivity index (χ2v) is 3.20. The molecule has 0 aliphatic heterocycles. The molecule has 0 aliphatic carbocycles. The molecule has 1 N–H and O–H groups in total. The van der Waals surface area contributed by atoms with Crippen LogP contribution in [0.5, 0.6) is 0 Å². The molecule has 1 rings (SSSR count). The quantitative estimate of drug-likeness (QED) is 0.646. The predicted octanol–water partition coefficient (Wildman–Crippen LogP) is 2.88. The van der Waals surface area contributed by atoms with E-state index in [4.69, 9.17) is 0 Å². The summed E-state index contributed by atoms with van der Waals surface area (Å²) >= 11 is 0. The minimum atomic E-state index is -4.41. The third kappa shape index (κ3) is 3.11. The van der Waals surface area contributed by atoms with E-state index in [1.807, 2.05) is 5.32 Å². The number of hydrogen-bond donors (Lipinski definition) is 1. The molecule has 0 spiro atoms. The number of nitrogens with one attached hydrogen (secondary N) is 1. The first-order chi connectivity index (χ1) is 7.31. The summed E-state index contributed by atoms with van der Waals surface area (Å²) in [4.78, 5) is 9.95. The monoisotopic (exact) mass is 234 g/mol. The number of aryl methyl sites for hydroxylation is 1. The Morgan fingerprint density at radius 3 is 2.56 bits per heavy atom. The fourth-order valence-corrected chi connectivity index (χ4v) is 1.24. The van der Waals surface area contributed by atoms with Crippen molar-refractivity contribution in [3.05, 3.63) is 33.9 Å². The number of benzene rings is 1. The molecule has 0 radical (unpaired) electrons. The van der Waals surface area contributed by atoms with Crippen LogP contribution in [0.2, 0.25) is 0 Å². The number of rotatable bonds is 3. The van der Waals surface area contributed by atoms with E-state index in [2.05, 4.69) is 0 Å². The van der Waals surface area contributed by atoms with Crippen LogP contribution in [0.15, 0.2) is 18.2 Å². The van der Waals surface area contributed by atoms with Gasteiger partial charge in [-0.05, 0) is 13.0 Å². The van der Waals surface area contributed by atoms with Gasteiger partial charge < -0.3 is 5.32 Å². The van der Waals surface area contributed by atoms with Crippen LogP contribution in [0.3, 0.4) is 0 Å². The van der Waals surface area contributed by atoms with Crippen molar-refractivity contribution in [2.75, 3.05) is 11.9 Å². The van der Waals surface area contributed by atoms with Crippen molar-refractivity contribution < 1.29 is 18.1 Å². The number of hydrogen-bond acceptors (Lipinski definition) is 3. The summed E-state index contributed by atoms with van der Waals surface area (Å²) in [5, 5.41) is 12.7. The first kappa shape index (κ1) is 12.3. The SMILES string of the molecule is Cc1cccc(NCC(F)(F)F)c1[N+](=O)[O-]. The van der Waals surface area contributed by atoms with Gasteiger partial charge in [0.2, 0.25) is 0 Å². The number of nitrogens with zero attached hydrogens (tertiary/aromatic N) is 1. The molecule has 1 aromatic rings. The summed E-state index contributed by atoms with van der Waals surface area (Å²) in [6.07, 6.45) is -4.41. The van der Waals surface area contributed by atoms with Crippen molar-refractivity contribution in [2.24, 2.45) is 0 Å². The number of nitro benzene ring substituents is 1. The van der Waals surface area contributed by atoms with Crippen molar-refractivity contribution in [3.8, 4) is 0 Å². The average molecular weight is 234 g/mol. The smallest absolute Gasteiger partial charge is 0.371 e. The van der Waals surface area contributed by atoms with Gasteiger partial charge in [-0.25, -0.2) is 0 Å². The van der Waals surface area contributed by atoms with E-state index < -0.39 is 17.6 Å². The second-order valence-electron chi connectivity index (χ2n) is 3.20. The van der Waals surface area contributed by atoms with Gasteiger partial charge >= 0.3 is 6.18 Å².